The molecule has 0 saturated carbocycles. The second kappa shape index (κ2) is 5.16. The van der Waals surface area contributed by atoms with E-state index < -0.39 is 4.92 Å². The minimum Gasteiger partial charge on any atom is -0.258 e. The van der Waals surface area contributed by atoms with Crippen LogP contribution in [0.25, 0.3) is 0 Å². The van der Waals surface area contributed by atoms with Gasteiger partial charge in [0, 0.05) is 6.07 Å². The Balaban J connectivity index is 2.33. The number of para-hydroxylation sites is 1. The van der Waals surface area contributed by atoms with Gasteiger partial charge in [0.2, 0.25) is 0 Å². The lowest BCUT2D eigenvalue weighted by Crippen LogP contribution is -1.90. The Morgan fingerprint density at radius 2 is 1.94 bits per heavy atom. The molecule has 0 aliphatic heterocycles. The summed E-state index contributed by atoms with van der Waals surface area (Å²) in [5.74, 6) is 0. The summed E-state index contributed by atoms with van der Waals surface area (Å²) in [6, 6.07) is 11.7. The van der Waals surface area contributed by atoms with Gasteiger partial charge in [-0.3, -0.25) is 10.1 Å². The molecular formula is C11H7ClN2O2S. The Labute approximate surface area is 107 Å². The van der Waals surface area contributed by atoms with E-state index in [1.54, 1.807) is 36.4 Å². The van der Waals surface area contributed by atoms with Crippen molar-refractivity contribution in [1.29, 1.82) is 0 Å². The Hall–Kier alpha value is -1.59. The number of nitro groups is 1. The third-order valence-electron chi connectivity index (χ3n) is 1.97. The van der Waals surface area contributed by atoms with Crippen LogP contribution < -0.4 is 0 Å². The number of halogens is 1. The van der Waals surface area contributed by atoms with Gasteiger partial charge in [0.25, 0.3) is 5.69 Å². The summed E-state index contributed by atoms with van der Waals surface area (Å²) in [5, 5.41) is 11.8. The lowest BCUT2D eigenvalue weighted by molar-refractivity contribution is -0.387. The zero-order valence-corrected chi connectivity index (χ0v) is 10.1. The zero-order valence-electron chi connectivity index (χ0n) is 8.54. The first-order valence-corrected chi connectivity index (χ1v) is 5.90. The largest absolute Gasteiger partial charge is 0.283 e. The van der Waals surface area contributed by atoms with Crippen LogP contribution in [-0.2, 0) is 0 Å². The number of nitrogens with zero attached hydrogens (tertiary/aromatic N) is 2. The van der Waals surface area contributed by atoms with Crippen LogP contribution in [0.15, 0.2) is 52.4 Å². The van der Waals surface area contributed by atoms with Gasteiger partial charge in [-0.1, -0.05) is 41.6 Å². The van der Waals surface area contributed by atoms with E-state index in [1.165, 1.54) is 17.8 Å². The van der Waals surface area contributed by atoms with Crippen LogP contribution in [0.3, 0.4) is 0 Å². The number of hydrogen-bond acceptors (Lipinski definition) is 4. The van der Waals surface area contributed by atoms with Crippen LogP contribution in [0.4, 0.5) is 5.69 Å². The number of hydrogen-bond donors (Lipinski definition) is 0. The van der Waals surface area contributed by atoms with Crippen LogP contribution in [0.2, 0.25) is 5.15 Å². The average molecular weight is 267 g/mol. The lowest BCUT2D eigenvalue weighted by atomic mass is 10.3. The van der Waals surface area contributed by atoms with Crippen LogP contribution in [0.1, 0.15) is 0 Å². The van der Waals surface area contributed by atoms with Crippen molar-refractivity contribution < 1.29 is 4.92 Å². The lowest BCUT2D eigenvalue weighted by Gasteiger charge is -2.02. The van der Waals surface area contributed by atoms with E-state index in [9.17, 15) is 10.1 Å². The van der Waals surface area contributed by atoms with Crippen molar-refractivity contribution >= 4 is 29.1 Å². The maximum Gasteiger partial charge on any atom is 0.283 e. The molecule has 1 aromatic heterocycles. The molecule has 17 heavy (non-hydrogen) atoms. The second-order valence-electron chi connectivity index (χ2n) is 3.13. The van der Waals surface area contributed by atoms with E-state index >= 15 is 0 Å². The van der Waals surface area contributed by atoms with Gasteiger partial charge in [-0.05, 0) is 18.2 Å². The molecule has 0 aliphatic carbocycles. The summed E-state index contributed by atoms with van der Waals surface area (Å²) in [4.78, 5) is 15.0. The smallest absolute Gasteiger partial charge is 0.258 e. The van der Waals surface area contributed by atoms with Gasteiger partial charge in [0.05, 0.1) is 9.82 Å². The number of aromatic nitrogens is 1. The molecule has 4 nitrogen and oxygen atoms in total. The Morgan fingerprint density at radius 1 is 1.18 bits per heavy atom. The standard InChI is InChI=1S/C11H7ClN2O2S/c12-10-6-3-7-11(13-10)17-9-5-2-1-4-8(9)14(15)16/h1-7H. The van der Waals surface area contributed by atoms with Gasteiger partial charge >= 0.3 is 0 Å². The molecule has 0 saturated heterocycles. The van der Waals surface area contributed by atoms with Crippen molar-refractivity contribution in [2.45, 2.75) is 9.92 Å². The Morgan fingerprint density at radius 3 is 2.65 bits per heavy atom. The summed E-state index contributed by atoms with van der Waals surface area (Å²) >= 11 is 6.97. The first-order chi connectivity index (χ1) is 8.16. The van der Waals surface area contributed by atoms with Crippen LogP contribution in [0.5, 0.6) is 0 Å². The molecule has 0 amide bonds. The third-order valence-corrected chi connectivity index (χ3v) is 3.18. The van der Waals surface area contributed by atoms with Crippen molar-refractivity contribution in [2.75, 3.05) is 0 Å². The molecule has 0 radical (unpaired) electrons. The topological polar surface area (TPSA) is 56.0 Å². The van der Waals surface area contributed by atoms with E-state index in [2.05, 4.69) is 4.98 Å². The zero-order chi connectivity index (χ0) is 12.3. The molecule has 2 rings (SSSR count). The SMILES string of the molecule is O=[N+]([O-])c1ccccc1Sc1cccc(Cl)n1. The van der Waals surface area contributed by atoms with Crippen molar-refractivity contribution in [2.24, 2.45) is 0 Å². The number of benzene rings is 1. The molecule has 1 aromatic carbocycles. The second-order valence-corrected chi connectivity index (χ2v) is 4.57. The first kappa shape index (κ1) is 11.9. The fraction of sp³-hybridized carbons (Fsp3) is 0. The number of nitro benzene ring substituents is 1. The molecule has 0 N–H and O–H groups in total. The maximum atomic E-state index is 10.8. The fourth-order valence-electron chi connectivity index (χ4n) is 1.25. The van der Waals surface area contributed by atoms with Crippen LogP contribution in [-0.4, -0.2) is 9.91 Å². The average Bonchev–Trinajstić information content (AvgIpc) is 2.29. The summed E-state index contributed by atoms with van der Waals surface area (Å²) in [7, 11) is 0. The van der Waals surface area contributed by atoms with Crippen LogP contribution in [0, 0.1) is 10.1 Å². The Bertz CT molecular complexity index is 563. The summed E-state index contributed by atoms with van der Waals surface area (Å²) in [6.45, 7) is 0. The molecule has 6 heteroatoms. The molecule has 0 atom stereocenters. The minimum absolute atomic E-state index is 0.0688. The highest BCUT2D eigenvalue weighted by Crippen LogP contribution is 2.33. The highest BCUT2D eigenvalue weighted by Gasteiger charge is 2.13. The van der Waals surface area contributed by atoms with Crippen molar-refractivity contribution in [3.8, 4) is 0 Å². The third kappa shape index (κ3) is 2.95. The molecule has 0 fully saturated rings. The van der Waals surface area contributed by atoms with Gasteiger partial charge in [-0.25, -0.2) is 4.98 Å². The summed E-state index contributed by atoms with van der Waals surface area (Å²) in [5.41, 5.74) is 0.0688. The van der Waals surface area contributed by atoms with Gasteiger partial charge in [-0.15, -0.1) is 0 Å². The molecule has 0 unspecified atom stereocenters. The molecule has 0 aliphatic rings. The predicted octanol–water partition coefficient (Wildman–Crippen LogP) is 3.79. The quantitative estimate of drug-likeness (QED) is 0.482. The Kier molecular flexibility index (Phi) is 3.61. The van der Waals surface area contributed by atoms with Gasteiger partial charge in [-0.2, -0.15) is 0 Å². The van der Waals surface area contributed by atoms with E-state index in [0.717, 1.165) is 0 Å². The van der Waals surface area contributed by atoms with E-state index in [1.807, 2.05) is 0 Å². The van der Waals surface area contributed by atoms with E-state index in [-0.39, 0.29) is 5.69 Å². The molecule has 1 heterocycles. The normalized spacial score (nSPS) is 10.2. The molecule has 2 aromatic rings. The molecule has 86 valence electrons. The molecular weight excluding hydrogens is 260 g/mol. The van der Waals surface area contributed by atoms with E-state index in [0.29, 0.717) is 15.1 Å². The first-order valence-electron chi connectivity index (χ1n) is 4.70. The van der Waals surface area contributed by atoms with Crippen molar-refractivity contribution in [1.82, 2.24) is 4.98 Å². The molecule has 0 spiro atoms. The van der Waals surface area contributed by atoms with Gasteiger partial charge in [0.15, 0.2) is 0 Å². The monoisotopic (exact) mass is 266 g/mol. The molecule has 0 bridgehead atoms. The van der Waals surface area contributed by atoms with Crippen molar-refractivity contribution in [3.63, 3.8) is 0 Å². The summed E-state index contributed by atoms with van der Waals surface area (Å²) < 4.78 is 0. The fourth-order valence-corrected chi connectivity index (χ4v) is 2.38. The minimum atomic E-state index is -0.410. The maximum absolute atomic E-state index is 10.8. The van der Waals surface area contributed by atoms with Gasteiger partial charge in [0.1, 0.15) is 10.2 Å². The highest BCUT2D eigenvalue weighted by molar-refractivity contribution is 7.99. The predicted molar refractivity (Wildman–Crippen MR) is 66.5 cm³/mol. The van der Waals surface area contributed by atoms with Crippen LogP contribution >= 0.6 is 23.4 Å². The highest BCUT2D eigenvalue weighted by atomic mass is 35.5. The summed E-state index contributed by atoms with van der Waals surface area (Å²) in [6.07, 6.45) is 0. The van der Waals surface area contributed by atoms with E-state index in [4.69, 9.17) is 11.6 Å². The number of pyridine rings is 1. The van der Waals surface area contributed by atoms with Crippen molar-refractivity contribution in [3.05, 3.63) is 57.7 Å². The number of rotatable bonds is 3. The van der Waals surface area contributed by atoms with Gasteiger partial charge < -0.3 is 0 Å².